The summed E-state index contributed by atoms with van der Waals surface area (Å²) in [5, 5.41) is 5.28. The van der Waals surface area contributed by atoms with Gasteiger partial charge in [0.05, 0.1) is 11.2 Å². The van der Waals surface area contributed by atoms with E-state index < -0.39 is 0 Å². The lowest BCUT2D eigenvalue weighted by Gasteiger charge is -2.17. The SMILES string of the molecule is Cc1cccc(C(C)Nc2cc(Cl)cc3cccnc23)c1. The number of nitrogens with one attached hydrogen (secondary N) is 1. The molecule has 1 unspecified atom stereocenters. The second-order valence-electron chi connectivity index (χ2n) is 5.31. The third kappa shape index (κ3) is 3.01. The van der Waals surface area contributed by atoms with Gasteiger partial charge in [0.2, 0.25) is 0 Å². The van der Waals surface area contributed by atoms with Crippen LogP contribution in [0.2, 0.25) is 5.02 Å². The number of hydrogen-bond donors (Lipinski definition) is 1. The second kappa shape index (κ2) is 5.74. The number of aryl methyl sites for hydroxylation is 1. The highest BCUT2D eigenvalue weighted by Crippen LogP contribution is 2.29. The molecule has 3 rings (SSSR count). The summed E-state index contributed by atoms with van der Waals surface area (Å²) in [6, 6.07) is 16.5. The lowest BCUT2D eigenvalue weighted by Crippen LogP contribution is -2.07. The van der Waals surface area contributed by atoms with E-state index in [-0.39, 0.29) is 6.04 Å². The van der Waals surface area contributed by atoms with Crippen molar-refractivity contribution in [2.75, 3.05) is 5.32 Å². The molecule has 1 heterocycles. The van der Waals surface area contributed by atoms with Crippen molar-refractivity contribution in [1.82, 2.24) is 4.98 Å². The smallest absolute Gasteiger partial charge is 0.0934 e. The Labute approximate surface area is 129 Å². The van der Waals surface area contributed by atoms with Crippen molar-refractivity contribution in [1.29, 1.82) is 0 Å². The van der Waals surface area contributed by atoms with Gasteiger partial charge in [0, 0.05) is 22.6 Å². The van der Waals surface area contributed by atoms with Crippen LogP contribution in [0.5, 0.6) is 0 Å². The summed E-state index contributed by atoms with van der Waals surface area (Å²) in [6.45, 7) is 4.25. The van der Waals surface area contributed by atoms with Crippen molar-refractivity contribution < 1.29 is 0 Å². The maximum atomic E-state index is 6.21. The summed E-state index contributed by atoms with van der Waals surface area (Å²) >= 11 is 6.21. The summed E-state index contributed by atoms with van der Waals surface area (Å²) in [5.74, 6) is 0. The molecule has 0 fully saturated rings. The van der Waals surface area contributed by atoms with Gasteiger partial charge in [-0.25, -0.2) is 0 Å². The second-order valence-corrected chi connectivity index (χ2v) is 5.75. The van der Waals surface area contributed by atoms with E-state index in [0.29, 0.717) is 0 Å². The van der Waals surface area contributed by atoms with E-state index in [1.54, 1.807) is 6.20 Å². The lowest BCUT2D eigenvalue weighted by molar-refractivity contribution is 0.884. The van der Waals surface area contributed by atoms with Crippen LogP contribution >= 0.6 is 11.6 Å². The molecule has 0 aliphatic rings. The predicted octanol–water partition coefficient (Wildman–Crippen LogP) is 5.37. The van der Waals surface area contributed by atoms with Crippen LogP contribution < -0.4 is 5.32 Å². The molecule has 21 heavy (non-hydrogen) atoms. The first-order valence-corrected chi connectivity index (χ1v) is 7.38. The van der Waals surface area contributed by atoms with E-state index in [0.717, 1.165) is 21.6 Å². The Kier molecular flexibility index (Phi) is 3.80. The molecule has 106 valence electrons. The summed E-state index contributed by atoms with van der Waals surface area (Å²) in [5.41, 5.74) is 4.42. The van der Waals surface area contributed by atoms with Gasteiger partial charge in [-0.3, -0.25) is 4.98 Å². The molecule has 2 aromatic carbocycles. The third-order valence-electron chi connectivity index (χ3n) is 3.58. The number of pyridine rings is 1. The average molecular weight is 297 g/mol. The third-order valence-corrected chi connectivity index (χ3v) is 3.80. The first-order valence-electron chi connectivity index (χ1n) is 7.01. The van der Waals surface area contributed by atoms with Crippen molar-refractivity contribution in [3.63, 3.8) is 0 Å². The number of nitrogens with zero attached hydrogens (tertiary/aromatic N) is 1. The highest BCUT2D eigenvalue weighted by Gasteiger charge is 2.09. The van der Waals surface area contributed by atoms with Gasteiger partial charge in [-0.1, -0.05) is 47.5 Å². The molecular weight excluding hydrogens is 280 g/mol. The number of halogens is 1. The topological polar surface area (TPSA) is 24.9 Å². The summed E-state index contributed by atoms with van der Waals surface area (Å²) < 4.78 is 0. The van der Waals surface area contributed by atoms with Gasteiger partial charge >= 0.3 is 0 Å². The minimum Gasteiger partial charge on any atom is -0.377 e. The van der Waals surface area contributed by atoms with E-state index in [1.165, 1.54) is 11.1 Å². The van der Waals surface area contributed by atoms with Gasteiger partial charge in [-0.2, -0.15) is 0 Å². The van der Waals surface area contributed by atoms with Crippen LogP contribution in [0.25, 0.3) is 10.9 Å². The lowest BCUT2D eigenvalue weighted by atomic mass is 10.1. The van der Waals surface area contributed by atoms with E-state index in [1.807, 2.05) is 24.3 Å². The molecule has 1 aromatic heterocycles. The summed E-state index contributed by atoms with van der Waals surface area (Å²) in [7, 11) is 0. The van der Waals surface area contributed by atoms with Crippen LogP contribution in [0.4, 0.5) is 5.69 Å². The number of anilines is 1. The molecule has 1 atom stereocenters. The minimum absolute atomic E-state index is 0.188. The zero-order valence-electron chi connectivity index (χ0n) is 12.1. The Morgan fingerprint density at radius 2 is 1.95 bits per heavy atom. The highest BCUT2D eigenvalue weighted by atomic mass is 35.5. The average Bonchev–Trinajstić information content (AvgIpc) is 2.47. The van der Waals surface area contributed by atoms with E-state index in [9.17, 15) is 0 Å². The van der Waals surface area contributed by atoms with Crippen LogP contribution in [0.15, 0.2) is 54.7 Å². The van der Waals surface area contributed by atoms with Gasteiger partial charge in [0.1, 0.15) is 0 Å². The summed E-state index contributed by atoms with van der Waals surface area (Å²) in [4.78, 5) is 4.47. The molecule has 3 heteroatoms. The number of fused-ring (bicyclic) bond motifs is 1. The van der Waals surface area contributed by atoms with Crippen molar-refractivity contribution in [3.8, 4) is 0 Å². The zero-order chi connectivity index (χ0) is 14.8. The molecule has 0 aliphatic heterocycles. The maximum absolute atomic E-state index is 6.21. The highest BCUT2D eigenvalue weighted by molar-refractivity contribution is 6.31. The Hall–Kier alpha value is -2.06. The number of rotatable bonds is 3. The molecule has 0 amide bonds. The Morgan fingerprint density at radius 1 is 1.10 bits per heavy atom. The normalized spacial score (nSPS) is 12.3. The van der Waals surface area contributed by atoms with E-state index in [4.69, 9.17) is 11.6 Å². The van der Waals surface area contributed by atoms with Crippen molar-refractivity contribution in [3.05, 3.63) is 70.9 Å². The Balaban J connectivity index is 1.98. The maximum Gasteiger partial charge on any atom is 0.0934 e. The van der Waals surface area contributed by atoms with E-state index >= 15 is 0 Å². The quantitative estimate of drug-likeness (QED) is 0.703. The van der Waals surface area contributed by atoms with E-state index in [2.05, 4.69) is 48.4 Å². The van der Waals surface area contributed by atoms with Gasteiger partial charge in [-0.15, -0.1) is 0 Å². The first-order chi connectivity index (χ1) is 10.1. The fourth-order valence-electron chi connectivity index (χ4n) is 2.52. The fraction of sp³-hybridized carbons (Fsp3) is 0.167. The molecule has 0 radical (unpaired) electrons. The number of benzene rings is 2. The van der Waals surface area contributed by atoms with Crippen LogP contribution in [-0.2, 0) is 0 Å². The fourth-order valence-corrected chi connectivity index (χ4v) is 2.75. The zero-order valence-corrected chi connectivity index (χ0v) is 12.9. The predicted molar refractivity (Wildman–Crippen MR) is 90.0 cm³/mol. The standard InChI is InChI=1S/C18H17ClN2/c1-12-5-3-6-14(9-12)13(2)21-17-11-16(19)10-15-7-4-8-20-18(15)17/h3-11,13,21H,1-2H3. The van der Waals surface area contributed by atoms with Crippen molar-refractivity contribution in [2.45, 2.75) is 19.9 Å². The van der Waals surface area contributed by atoms with Crippen LogP contribution in [0, 0.1) is 6.92 Å². The minimum atomic E-state index is 0.188. The first kappa shape index (κ1) is 13.9. The van der Waals surface area contributed by atoms with Crippen LogP contribution in [-0.4, -0.2) is 4.98 Å². The Bertz CT molecular complexity index is 783. The van der Waals surface area contributed by atoms with Gasteiger partial charge in [0.25, 0.3) is 0 Å². The van der Waals surface area contributed by atoms with Crippen LogP contribution in [0.1, 0.15) is 24.1 Å². The molecule has 0 spiro atoms. The monoisotopic (exact) mass is 296 g/mol. The molecular formula is C18H17ClN2. The number of hydrogen-bond acceptors (Lipinski definition) is 2. The van der Waals surface area contributed by atoms with Gasteiger partial charge in [0.15, 0.2) is 0 Å². The molecule has 0 aliphatic carbocycles. The van der Waals surface area contributed by atoms with Gasteiger partial charge in [-0.05, 0) is 37.6 Å². The largest absolute Gasteiger partial charge is 0.377 e. The molecule has 0 saturated carbocycles. The molecule has 2 nitrogen and oxygen atoms in total. The summed E-state index contributed by atoms with van der Waals surface area (Å²) in [6.07, 6.45) is 1.80. The Morgan fingerprint density at radius 3 is 2.76 bits per heavy atom. The van der Waals surface area contributed by atoms with Crippen molar-refractivity contribution in [2.24, 2.45) is 0 Å². The molecule has 1 N–H and O–H groups in total. The van der Waals surface area contributed by atoms with Crippen molar-refractivity contribution >= 4 is 28.2 Å². The van der Waals surface area contributed by atoms with Gasteiger partial charge < -0.3 is 5.32 Å². The van der Waals surface area contributed by atoms with Crippen LogP contribution in [0.3, 0.4) is 0 Å². The molecule has 3 aromatic rings. The molecule has 0 bridgehead atoms. The molecule has 0 saturated heterocycles. The number of aromatic nitrogens is 1.